The number of hydrogen-bond acceptors (Lipinski definition) is 2. The fraction of sp³-hybridized carbons (Fsp3) is 0.846. The summed E-state index contributed by atoms with van der Waals surface area (Å²) in [6.45, 7) is 13.6. The maximum atomic E-state index is 8.61. The van der Waals surface area contributed by atoms with E-state index < -0.39 is 8.32 Å². The minimum atomic E-state index is -1.61. The maximum Gasteiger partial charge on any atom is 0.192 e. The maximum absolute atomic E-state index is 8.61. The lowest BCUT2D eigenvalue weighted by atomic mass is 10.2. The van der Waals surface area contributed by atoms with Gasteiger partial charge in [0.15, 0.2) is 8.32 Å². The van der Waals surface area contributed by atoms with Gasteiger partial charge < -0.3 is 9.53 Å². The molecular weight excluding hydrogens is 216 g/mol. The molecule has 0 rings (SSSR count). The molecule has 0 saturated carbocycles. The van der Waals surface area contributed by atoms with Crippen LogP contribution in [0.25, 0.3) is 0 Å². The highest BCUT2D eigenvalue weighted by molar-refractivity contribution is 6.74. The van der Waals surface area contributed by atoms with Crippen LogP contribution in [0.4, 0.5) is 0 Å². The molecule has 0 aromatic heterocycles. The van der Waals surface area contributed by atoms with Gasteiger partial charge in [-0.25, -0.2) is 0 Å². The summed E-state index contributed by atoms with van der Waals surface area (Å²) < 4.78 is 6.22. The van der Waals surface area contributed by atoms with E-state index in [4.69, 9.17) is 9.53 Å². The molecule has 16 heavy (non-hydrogen) atoms. The van der Waals surface area contributed by atoms with E-state index in [-0.39, 0.29) is 11.6 Å². The first-order chi connectivity index (χ1) is 7.20. The number of hydrogen-bond donors (Lipinski definition) is 1. The van der Waals surface area contributed by atoms with E-state index in [1.165, 1.54) is 0 Å². The number of allylic oxidation sites excluding steroid dienone is 1. The predicted octanol–water partition coefficient (Wildman–Crippen LogP) is 3.73. The summed E-state index contributed by atoms with van der Waals surface area (Å²) in [5.74, 6) is 0. The van der Waals surface area contributed by atoms with E-state index in [1.807, 2.05) is 6.08 Å². The van der Waals surface area contributed by atoms with Crippen molar-refractivity contribution in [2.45, 2.75) is 64.8 Å². The fourth-order valence-electron chi connectivity index (χ4n) is 1.26. The van der Waals surface area contributed by atoms with Gasteiger partial charge in [0.05, 0.1) is 6.61 Å². The summed E-state index contributed by atoms with van der Waals surface area (Å²) in [5.41, 5.74) is 0. The zero-order chi connectivity index (χ0) is 12.8. The topological polar surface area (TPSA) is 29.5 Å². The van der Waals surface area contributed by atoms with Crippen LogP contribution in [-0.2, 0) is 4.43 Å². The minimum absolute atomic E-state index is 0.136. The van der Waals surface area contributed by atoms with Crippen molar-refractivity contribution in [2.75, 3.05) is 6.61 Å². The first-order valence-electron chi connectivity index (χ1n) is 6.14. The van der Waals surface area contributed by atoms with Gasteiger partial charge in [0.2, 0.25) is 0 Å². The van der Waals surface area contributed by atoms with Crippen molar-refractivity contribution in [2.24, 2.45) is 0 Å². The van der Waals surface area contributed by atoms with E-state index in [9.17, 15) is 0 Å². The molecule has 1 atom stereocenters. The molecule has 0 aliphatic heterocycles. The van der Waals surface area contributed by atoms with Crippen LogP contribution in [0.1, 0.15) is 40.5 Å². The highest BCUT2D eigenvalue weighted by Gasteiger charge is 2.38. The smallest absolute Gasteiger partial charge is 0.192 e. The standard InChI is InChI=1S/C13H28O2Si/c1-12(10-8-7-9-11-14)15-16(5,6)13(2,3)4/h7,9,12,14H,8,10-11H2,1-6H3/b9-7+/t12-/m1/s1. The van der Waals surface area contributed by atoms with Gasteiger partial charge in [-0.3, -0.25) is 0 Å². The second-order valence-electron chi connectivity index (χ2n) is 5.92. The predicted molar refractivity (Wildman–Crippen MR) is 73.2 cm³/mol. The summed E-state index contributed by atoms with van der Waals surface area (Å²) in [5, 5.41) is 8.89. The van der Waals surface area contributed by atoms with Crippen LogP contribution in [0.15, 0.2) is 12.2 Å². The van der Waals surface area contributed by atoms with Gasteiger partial charge in [0, 0.05) is 6.10 Å². The Kier molecular flexibility index (Phi) is 6.52. The van der Waals surface area contributed by atoms with Crippen molar-refractivity contribution in [3.63, 3.8) is 0 Å². The lowest BCUT2D eigenvalue weighted by molar-refractivity contribution is 0.190. The van der Waals surface area contributed by atoms with Gasteiger partial charge in [-0.2, -0.15) is 0 Å². The number of aliphatic hydroxyl groups is 1. The Labute approximate surface area is 102 Å². The number of aliphatic hydroxyl groups excluding tert-OH is 1. The van der Waals surface area contributed by atoms with Crippen molar-refractivity contribution in [1.29, 1.82) is 0 Å². The molecule has 2 nitrogen and oxygen atoms in total. The van der Waals surface area contributed by atoms with Gasteiger partial charge in [0.1, 0.15) is 0 Å². The molecule has 96 valence electrons. The van der Waals surface area contributed by atoms with Crippen molar-refractivity contribution in [3.8, 4) is 0 Å². The second-order valence-corrected chi connectivity index (χ2v) is 10.7. The summed E-state index contributed by atoms with van der Waals surface area (Å²) in [6.07, 6.45) is 6.13. The van der Waals surface area contributed by atoms with Crippen molar-refractivity contribution >= 4 is 8.32 Å². The Morgan fingerprint density at radius 1 is 1.25 bits per heavy atom. The van der Waals surface area contributed by atoms with E-state index in [0.29, 0.717) is 6.10 Å². The zero-order valence-electron chi connectivity index (χ0n) is 11.7. The normalized spacial score (nSPS) is 15.7. The van der Waals surface area contributed by atoms with Crippen molar-refractivity contribution < 1.29 is 9.53 Å². The lowest BCUT2D eigenvalue weighted by Gasteiger charge is -2.38. The third-order valence-corrected chi connectivity index (χ3v) is 7.92. The van der Waals surface area contributed by atoms with Crippen LogP contribution in [0.2, 0.25) is 18.1 Å². The van der Waals surface area contributed by atoms with Crippen molar-refractivity contribution in [1.82, 2.24) is 0 Å². The summed E-state index contributed by atoms with van der Waals surface area (Å²) in [4.78, 5) is 0. The Bertz CT molecular complexity index is 216. The highest BCUT2D eigenvalue weighted by atomic mass is 28.4. The average molecular weight is 244 g/mol. The molecule has 0 fully saturated rings. The first-order valence-corrected chi connectivity index (χ1v) is 9.05. The van der Waals surface area contributed by atoms with Gasteiger partial charge in [-0.05, 0) is 37.9 Å². The van der Waals surface area contributed by atoms with Crippen LogP contribution in [0.3, 0.4) is 0 Å². The Hall–Kier alpha value is -0.123. The molecule has 1 N–H and O–H groups in total. The van der Waals surface area contributed by atoms with Crippen LogP contribution in [0, 0.1) is 0 Å². The third kappa shape index (κ3) is 5.82. The molecule has 0 amide bonds. The lowest BCUT2D eigenvalue weighted by Crippen LogP contribution is -2.43. The molecule has 0 aromatic rings. The van der Waals surface area contributed by atoms with Gasteiger partial charge >= 0.3 is 0 Å². The average Bonchev–Trinajstić information content (AvgIpc) is 2.10. The fourth-order valence-corrected chi connectivity index (χ4v) is 2.74. The largest absolute Gasteiger partial charge is 0.414 e. The Morgan fingerprint density at radius 2 is 1.81 bits per heavy atom. The molecule has 0 radical (unpaired) electrons. The first kappa shape index (κ1) is 15.9. The van der Waals surface area contributed by atoms with E-state index in [0.717, 1.165) is 12.8 Å². The second kappa shape index (κ2) is 6.57. The summed E-state index contributed by atoms with van der Waals surface area (Å²) in [7, 11) is -1.61. The van der Waals surface area contributed by atoms with Crippen molar-refractivity contribution in [3.05, 3.63) is 12.2 Å². The molecule has 0 saturated heterocycles. The van der Waals surface area contributed by atoms with E-state index in [1.54, 1.807) is 6.08 Å². The molecule has 0 aliphatic rings. The van der Waals surface area contributed by atoms with Gasteiger partial charge in [-0.1, -0.05) is 32.9 Å². The van der Waals surface area contributed by atoms with Gasteiger partial charge in [-0.15, -0.1) is 0 Å². The molecule has 3 heteroatoms. The SMILES string of the molecule is C[C@H](CC/C=C/CO)O[Si](C)(C)C(C)(C)C. The van der Waals surface area contributed by atoms with E-state index in [2.05, 4.69) is 40.8 Å². The molecular formula is C13H28O2Si. The van der Waals surface area contributed by atoms with Gasteiger partial charge in [0.25, 0.3) is 0 Å². The molecule has 0 unspecified atom stereocenters. The Morgan fingerprint density at radius 3 is 2.25 bits per heavy atom. The third-order valence-electron chi connectivity index (χ3n) is 3.31. The van der Waals surface area contributed by atoms with Crippen LogP contribution in [0.5, 0.6) is 0 Å². The quantitative estimate of drug-likeness (QED) is 0.570. The number of rotatable bonds is 6. The minimum Gasteiger partial charge on any atom is -0.414 e. The summed E-state index contributed by atoms with van der Waals surface area (Å²) in [6, 6.07) is 0. The molecule has 0 bridgehead atoms. The highest BCUT2D eigenvalue weighted by Crippen LogP contribution is 2.37. The summed E-state index contributed by atoms with van der Waals surface area (Å²) >= 11 is 0. The zero-order valence-corrected chi connectivity index (χ0v) is 12.7. The molecule has 0 aromatic carbocycles. The van der Waals surface area contributed by atoms with Crippen LogP contribution in [-0.4, -0.2) is 26.1 Å². The molecule has 0 spiro atoms. The molecule has 0 aliphatic carbocycles. The monoisotopic (exact) mass is 244 g/mol. The van der Waals surface area contributed by atoms with E-state index >= 15 is 0 Å². The Balaban J connectivity index is 4.04. The van der Waals surface area contributed by atoms with Crippen LogP contribution < -0.4 is 0 Å². The van der Waals surface area contributed by atoms with Crippen LogP contribution >= 0.6 is 0 Å². The molecule has 0 heterocycles.